The summed E-state index contributed by atoms with van der Waals surface area (Å²) in [6, 6.07) is 0.545. The predicted molar refractivity (Wildman–Crippen MR) is 85.3 cm³/mol. The minimum absolute atomic E-state index is 0.330. The monoisotopic (exact) mass is 287 g/mol. The van der Waals surface area contributed by atoms with Gasteiger partial charge in [-0.15, -0.1) is 0 Å². The summed E-state index contributed by atoms with van der Waals surface area (Å²) in [6.45, 7) is 7.05. The molecule has 2 heterocycles. The Morgan fingerprint density at radius 2 is 2.00 bits per heavy atom. The number of hydrogen-bond donors (Lipinski definition) is 0. The third-order valence-corrected chi connectivity index (χ3v) is 4.93. The van der Waals surface area contributed by atoms with Crippen LogP contribution in [0.4, 0.5) is 5.82 Å². The highest BCUT2D eigenvalue weighted by molar-refractivity contribution is 5.86. The van der Waals surface area contributed by atoms with Crippen LogP contribution in [0.15, 0.2) is 12.5 Å². The van der Waals surface area contributed by atoms with Crippen LogP contribution in [0, 0.1) is 11.3 Å². The lowest BCUT2D eigenvalue weighted by molar-refractivity contribution is 0.221. The average Bonchev–Trinajstić information content (AvgIpc) is 3.04. The van der Waals surface area contributed by atoms with E-state index in [4.69, 9.17) is 0 Å². The third-order valence-electron chi connectivity index (χ3n) is 4.93. The Hall–Kier alpha value is -1.65. The lowest BCUT2D eigenvalue weighted by Gasteiger charge is -2.38. The van der Waals surface area contributed by atoms with E-state index in [2.05, 4.69) is 47.8 Å². The number of anilines is 1. The summed E-state index contributed by atoms with van der Waals surface area (Å²) in [5.74, 6) is 1.71. The highest BCUT2D eigenvalue weighted by Crippen LogP contribution is 2.42. The van der Waals surface area contributed by atoms with E-state index in [-0.39, 0.29) is 0 Å². The van der Waals surface area contributed by atoms with Crippen LogP contribution in [-0.2, 0) is 7.05 Å². The predicted octanol–water partition coefficient (Wildman–Crippen LogP) is 3.01. The first-order valence-electron chi connectivity index (χ1n) is 7.75. The molecule has 2 aromatic rings. The molecule has 0 amide bonds. The number of nitrogens with zero attached hydrogens (tertiary/aromatic N) is 5. The molecule has 0 aliphatic heterocycles. The fourth-order valence-corrected chi connectivity index (χ4v) is 3.80. The summed E-state index contributed by atoms with van der Waals surface area (Å²) >= 11 is 0. The molecule has 0 bridgehead atoms. The second kappa shape index (κ2) is 4.97. The molecule has 114 valence electrons. The molecule has 3 rings (SSSR count). The molecule has 1 fully saturated rings. The van der Waals surface area contributed by atoms with Gasteiger partial charge in [0.05, 0.1) is 11.6 Å². The Balaban J connectivity index is 1.99. The highest BCUT2D eigenvalue weighted by atomic mass is 15.3. The normalized spacial score (nSPS) is 22.9. The van der Waals surface area contributed by atoms with E-state index in [0.717, 1.165) is 16.9 Å². The summed E-state index contributed by atoms with van der Waals surface area (Å²) in [4.78, 5) is 11.2. The minimum Gasteiger partial charge on any atom is -0.356 e. The van der Waals surface area contributed by atoms with Gasteiger partial charge in [-0.1, -0.05) is 27.2 Å². The Kier molecular flexibility index (Phi) is 3.38. The van der Waals surface area contributed by atoms with E-state index in [1.54, 1.807) is 6.33 Å². The first kappa shape index (κ1) is 14.3. The fraction of sp³-hybridized carbons (Fsp3) is 0.688. The van der Waals surface area contributed by atoms with Crippen molar-refractivity contribution < 1.29 is 0 Å². The van der Waals surface area contributed by atoms with E-state index in [1.165, 1.54) is 19.3 Å². The molecule has 1 aliphatic rings. The molecular weight excluding hydrogens is 262 g/mol. The van der Waals surface area contributed by atoms with Crippen LogP contribution < -0.4 is 4.90 Å². The molecule has 1 aliphatic carbocycles. The van der Waals surface area contributed by atoms with Gasteiger partial charge in [-0.25, -0.2) is 9.97 Å². The lowest BCUT2D eigenvalue weighted by atomic mass is 9.77. The molecule has 0 radical (unpaired) electrons. The Bertz CT molecular complexity index is 640. The van der Waals surface area contributed by atoms with Gasteiger partial charge in [0.1, 0.15) is 12.1 Å². The molecule has 0 saturated heterocycles. The van der Waals surface area contributed by atoms with Crippen molar-refractivity contribution in [2.75, 3.05) is 11.9 Å². The van der Waals surface area contributed by atoms with E-state index in [9.17, 15) is 0 Å². The van der Waals surface area contributed by atoms with E-state index >= 15 is 0 Å². The Labute approximate surface area is 126 Å². The van der Waals surface area contributed by atoms with Crippen molar-refractivity contribution in [3.63, 3.8) is 0 Å². The maximum atomic E-state index is 4.54. The summed E-state index contributed by atoms with van der Waals surface area (Å²) in [6.07, 6.45) is 7.38. The Morgan fingerprint density at radius 1 is 1.24 bits per heavy atom. The molecule has 5 nitrogen and oxygen atoms in total. The van der Waals surface area contributed by atoms with Crippen LogP contribution in [0.1, 0.15) is 40.0 Å². The summed E-state index contributed by atoms with van der Waals surface area (Å²) in [7, 11) is 4.09. The Morgan fingerprint density at radius 3 is 2.71 bits per heavy atom. The first-order chi connectivity index (χ1) is 9.89. The molecule has 2 atom stereocenters. The van der Waals surface area contributed by atoms with Crippen molar-refractivity contribution in [3.8, 4) is 0 Å². The highest BCUT2D eigenvalue weighted by Gasteiger charge is 2.38. The van der Waals surface area contributed by atoms with Crippen molar-refractivity contribution in [3.05, 3.63) is 12.5 Å². The molecule has 21 heavy (non-hydrogen) atoms. The smallest absolute Gasteiger partial charge is 0.163 e. The van der Waals surface area contributed by atoms with Gasteiger partial charge in [-0.3, -0.25) is 4.68 Å². The molecule has 5 heteroatoms. The standard InChI is InChI=1S/C16H25N5/c1-16(2,3)12-7-6-8-13(12)20(4)14-11-9-19-21(5)15(11)18-10-17-14/h9-10,12-13H,6-8H2,1-5H3. The molecule has 1 saturated carbocycles. The van der Waals surface area contributed by atoms with E-state index in [0.29, 0.717) is 17.4 Å². The zero-order valence-corrected chi connectivity index (χ0v) is 13.7. The first-order valence-corrected chi connectivity index (χ1v) is 7.75. The largest absolute Gasteiger partial charge is 0.356 e. The topological polar surface area (TPSA) is 46.8 Å². The number of fused-ring (bicyclic) bond motifs is 1. The van der Waals surface area contributed by atoms with Gasteiger partial charge in [0.15, 0.2) is 5.65 Å². The fourth-order valence-electron chi connectivity index (χ4n) is 3.80. The van der Waals surface area contributed by atoms with Crippen molar-refractivity contribution in [1.29, 1.82) is 0 Å². The van der Waals surface area contributed by atoms with E-state index < -0.39 is 0 Å². The zero-order chi connectivity index (χ0) is 15.2. The molecular formula is C16H25N5. The molecule has 0 spiro atoms. The maximum Gasteiger partial charge on any atom is 0.163 e. The minimum atomic E-state index is 0.330. The number of rotatable bonds is 2. The van der Waals surface area contributed by atoms with Crippen molar-refractivity contribution in [2.24, 2.45) is 18.4 Å². The van der Waals surface area contributed by atoms with Gasteiger partial charge in [-0.05, 0) is 24.2 Å². The summed E-state index contributed by atoms with van der Waals surface area (Å²) in [5.41, 5.74) is 1.23. The molecule has 0 N–H and O–H groups in total. The second-order valence-corrected chi connectivity index (χ2v) is 7.28. The van der Waals surface area contributed by atoms with Crippen LogP contribution in [0.5, 0.6) is 0 Å². The van der Waals surface area contributed by atoms with Gasteiger partial charge in [-0.2, -0.15) is 5.10 Å². The number of aryl methyl sites for hydroxylation is 1. The number of hydrogen-bond acceptors (Lipinski definition) is 4. The van der Waals surface area contributed by atoms with Crippen LogP contribution in [-0.4, -0.2) is 32.8 Å². The van der Waals surface area contributed by atoms with Crippen LogP contribution in [0.2, 0.25) is 0 Å². The van der Waals surface area contributed by atoms with E-state index in [1.807, 2.05) is 17.9 Å². The van der Waals surface area contributed by atoms with Gasteiger partial charge >= 0.3 is 0 Å². The van der Waals surface area contributed by atoms with Gasteiger partial charge in [0.2, 0.25) is 0 Å². The lowest BCUT2D eigenvalue weighted by Crippen LogP contribution is -2.40. The number of aromatic nitrogens is 4. The van der Waals surface area contributed by atoms with Crippen LogP contribution in [0.25, 0.3) is 11.0 Å². The zero-order valence-electron chi connectivity index (χ0n) is 13.7. The van der Waals surface area contributed by atoms with Crippen LogP contribution >= 0.6 is 0 Å². The third kappa shape index (κ3) is 2.39. The SMILES string of the molecule is CN(c1ncnc2c1cnn2C)C1CCCC1C(C)(C)C. The van der Waals surface area contributed by atoms with Crippen molar-refractivity contribution >= 4 is 16.9 Å². The summed E-state index contributed by atoms with van der Waals surface area (Å²) < 4.78 is 1.81. The molecule has 2 unspecified atom stereocenters. The maximum absolute atomic E-state index is 4.54. The van der Waals surface area contributed by atoms with Crippen molar-refractivity contribution in [1.82, 2.24) is 19.7 Å². The van der Waals surface area contributed by atoms with Crippen LogP contribution in [0.3, 0.4) is 0 Å². The van der Waals surface area contributed by atoms with Crippen molar-refractivity contribution in [2.45, 2.75) is 46.1 Å². The second-order valence-electron chi connectivity index (χ2n) is 7.28. The molecule has 2 aromatic heterocycles. The van der Waals surface area contributed by atoms with Gasteiger partial charge < -0.3 is 4.90 Å². The molecule has 0 aromatic carbocycles. The quantitative estimate of drug-likeness (QED) is 0.852. The summed E-state index contributed by atoms with van der Waals surface area (Å²) in [5, 5.41) is 5.36. The average molecular weight is 287 g/mol. The van der Waals surface area contributed by atoms with Gasteiger partial charge in [0.25, 0.3) is 0 Å². The van der Waals surface area contributed by atoms with Gasteiger partial charge in [0, 0.05) is 20.1 Å².